The van der Waals surface area contributed by atoms with Crippen molar-refractivity contribution >= 4 is 5.91 Å². The molecule has 4 nitrogen and oxygen atoms in total. The van der Waals surface area contributed by atoms with E-state index in [1.54, 1.807) is 0 Å². The summed E-state index contributed by atoms with van der Waals surface area (Å²) in [6.07, 6.45) is 2.32. The van der Waals surface area contributed by atoms with Crippen LogP contribution in [-0.4, -0.2) is 48.4 Å². The minimum Gasteiger partial charge on any atom is -0.338 e. The molecule has 3 atom stereocenters. The largest absolute Gasteiger partial charge is 0.338 e. The van der Waals surface area contributed by atoms with Crippen LogP contribution in [0.5, 0.6) is 0 Å². The van der Waals surface area contributed by atoms with Crippen molar-refractivity contribution in [1.82, 2.24) is 9.80 Å². The molecule has 0 aromatic heterocycles. The van der Waals surface area contributed by atoms with E-state index < -0.39 is 0 Å². The monoisotopic (exact) mass is 303 g/mol. The normalized spacial score (nSPS) is 22.1. The topological polar surface area (TPSA) is 49.6 Å². The maximum absolute atomic E-state index is 12.6. The van der Waals surface area contributed by atoms with Crippen LogP contribution in [0.1, 0.15) is 38.3 Å². The van der Waals surface area contributed by atoms with Crippen LogP contribution >= 0.6 is 0 Å². The Morgan fingerprint density at radius 3 is 2.68 bits per heavy atom. The first kappa shape index (κ1) is 17.0. The van der Waals surface area contributed by atoms with Crippen LogP contribution in [0.25, 0.3) is 0 Å². The number of piperidine rings is 1. The number of rotatable bonds is 5. The van der Waals surface area contributed by atoms with Crippen LogP contribution in [0.2, 0.25) is 0 Å². The lowest BCUT2D eigenvalue weighted by atomic mass is 9.92. The lowest BCUT2D eigenvalue weighted by Gasteiger charge is -2.35. The molecule has 0 spiro atoms. The van der Waals surface area contributed by atoms with Crippen molar-refractivity contribution in [2.45, 2.75) is 38.8 Å². The summed E-state index contributed by atoms with van der Waals surface area (Å²) in [4.78, 5) is 16.7. The molecule has 1 saturated heterocycles. The Kier molecular flexibility index (Phi) is 5.98. The van der Waals surface area contributed by atoms with Crippen molar-refractivity contribution in [3.8, 4) is 0 Å². The van der Waals surface area contributed by atoms with Gasteiger partial charge in [0.15, 0.2) is 0 Å². The van der Waals surface area contributed by atoms with Crippen molar-refractivity contribution < 1.29 is 4.79 Å². The van der Waals surface area contributed by atoms with Gasteiger partial charge in [-0.15, -0.1) is 0 Å². The smallest absolute Gasteiger partial charge is 0.236 e. The number of carbonyl (C=O) groups is 1. The van der Waals surface area contributed by atoms with Crippen LogP contribution in [0.3, 0.4) is 0 Å². The SMILES string of the molecule is CC(N)C1CCCN(CC(=O)N(C)C(C)c2ccccc2)C1. The highest BCUT2D eigenvalue weighted by atomic mass is 16.2. The van der Waals surface area contributed by atoms with Gasteiger partial charge in [-0.05, 0) is 44.7 Å². The van der Waals surface area contributed by atoms with E-state index in [9.17, 15) is 4.79 Å². The van der Waals surface area contributed by atoms with Gasteiger partial charge in [0.1, 0.15) is 0 Å². The van der Waals surface area contributed by atoms with Gasteiger partial charge in [0.2, 0.25) is 5.91 Å². The first-order valence-electron chi connectivity index (χ1n) is 8.27. The van der Waals surface area contributed by atoms with Crippen molar-refractivity contribution in [2.75, 3.05) is 26.7 Å². The summed E-state index contributed by atoms with van der Waals surface area (Å²) < 4.78 is 0. The first-order valence-corrected chi connectivity index (χ1v) is 8.27. The fraction of sp³-hybridized carbons (Fsp3) is 0.611. The molecule has 0 aliphatic carbocycles. The maximum Gasteiger partial charge on any atom is 0.236 e. The zero-order chi connectivity index (χ0) is 16.1. The van der Waals surface area contributed by atoms with Gasteiger partial charge in [-0.2, -0.15) is 0 Å². The van der Waals surface area contributed by atoms with Gasteiger partial charge in [0, 0.05) is 19.6 Å². The number of hydrogen-bond acceptors (Lipinski definition) is 3. The second-order valence-corrected chi connectivity index (χ2v) is 6.59. The summed E-state index contributed by atoms with van der Waals surface area (Å²) in [6, 6.07) is 10.5. The van der Waals surface area contributed by atoms with Gasteiger partial charge in [0.05, 0.1) is 12.6 Å². The molecule has 0 bridgehead atoms. The second kappa shape index (κ2) is 7.75. The highest BCUT2D eigenvalue weighted by Crippen LogP contribution is 2.21. The Balaban J connectivity index is 1.91. The number of carbonyl (C=O) groups excluding carboxylic acids is 1. The third-order valence-electron chi connectivity index (χ3n) is 4.90. The fourth-order valence-electron chi connectivity index (χ4n) is 3.14. The molecule has 4 heteroatoms. The van der Waals surface area contributed by atoms with Crippen molar-refractivity contribution in [3.63, 3.8) is 0 Å². The van der Waals surface area contributed by atoms with E-state index in [1.807, 2.05) is 30.1 Å². The van der Waals surface area contributed by atoms with E-state index in [4.69, 9.17) is 5.73 Å². The molecule has 2 N–H and O–H groups in total. The summed E-state index contributed by atoms with van der Waals surface area (Å²) in [6.45, 7) is 6.59. The van der Waals surface area contributed by atoms with Gasteiger partial charge >= 0.3 is 0 Å². The summed E-state index contributed by atoms with van der Waals surface area (Å²) in [5.74, 6) is 0.695. The molecule has 3 unspecified atom stereocenters. The Morgan fingerprint density at radius 2 is 2.05 bits per heavy atom. The van der Waals surface area contributed by atoms with E-state index in [2.05, 4.69) is 30.9 Å². The van der Waals surface area contributed by atoms with Crippen LogP contribution in [0, 0.1) is 5.92 Å². The molecule has 0 radical (unpaired) electrons. The molecule has 1 aliphatic heterocycles. The van der Waals surface area contributed by atoms with Crippen LogP contribution in [0.4, 0.5) is 0 Å². The van der Waals surface area contributed by atoms with Crippen molar-refractivity contribution in [2.24, 2.45) is 11.7 Å². The minimum atomic E-state index is 0.0997. The quantitative estimate of drug-likeness (QED) is 0.908. The average Bonchev–Trinajstić information content (AvgIpc) is 2.54. The molecule has 1 fully saturated rings. The van der Waals surface area contributed by atoms with E-state index >= 15 is 0 Å². The Bertz CT molecular complexity index is 474. The zero-order valence-electron chi connectivity index (χ0n) is 14.0. The predicted molar refractivity (Wildman–Crippen MR) is 90.4 cm³/mol. The highest BCUT2D eigenvalue weighted by molar-refractivity contribution is 5.78. The molecular formula is C18H29N3O. The molecule has 1 aliphatic rings. The number of likely N-dealkylation sites (N-methyl/N-ethyl adjacent to an activating group) is 1. The summed E-state index contributed by atoms with van der Waals surface area (Å²) in [5.41, 5.74) is 7.19. The second-order valence-electron chi connectivity index (χ2n) is 6.59. The third kappa shape index (κ3) is 4.31. The van der Waals surface area contributed by atoms with Gasteiger partial charge in [0.25, 0.3) is 0 Å². The molecule has 22 heavy (non-hydrogen) atoms. The number of nitrogens with zero attached hydrogens (tertiary/aromatic N) is 2. The van der Waals surface area contributed by atoms with Crippen molar-refractivity contribution in [1.29, 1.82) is 0 Å². The van der Waals surface area contributed by atoms with Crippen LogP contribution in [0.15, 0.2) is 30.3 Å². The van der Waals surface area contributed by atoms with Crippen LogP contribution < -0.4 is 5.73 Å². The van der Waals surface area contributed by atoms with Gasteiger partial charge in [-0.3, -0.25) is 9.69 Å². The van der Waals surface area contributed by atoms with Gasteiger partial charge < -0.3 is 10.6 Å². The summed E-state index contributed by atoms with van der Waals surface area (Å²) in [7, 11) is 1.90. The third-order valence-corrected chi connectivity index (χ3v) is 4.90. The Hall–Kier alpha value is -1.39. The molecule has 1 aromatic carbocycles. The van der Waals surface area contributed by atoms with Gasteiger partial charge in [-0.25, -0.2) is 0 Å². The lowest BCUT2D eigenvalue weighted by Crippen LogP contribution is -2.46. The highest BCUT2D eigenvalue weighted by Gasteiger charge is 2.26. The Morgan fingerprint density at radius 1 is 1.36 bits per heavy atom. The van der Waals surface area contributed by atoms with E-state index in [-0.39, 0.29) is 18.0 Å². The first-order chi connectivity index (χ1) is 10.5. The zero-order valence-corrected chi connectivity index (χ0v) is 14.0. The van der Waals surface area contributed by atoms with E-state index in [0.717, 1.165) is 19.5 Å². The van der Waals surface area contributed by atoms with Crippen molar-refractivity contribution in [3.05, 3.63) is 35.9 Å². The molecule has 1 aromatic rings. The summed E-state index contributed by atoms with van der Waals surface area (Å²) >= 11 is 0. The molecule has 2 rings (SSSR count). The summed E-state index contributed by atoms with van der Waals surface area (Å²) in [5, 5.41) is 0. The molecule has 122 valence electrons. The lowest BCUT2D eigenvalue weighted by molar-refractivity contribution is -0.133. The number of amides is 1. The molecule has 0 saturated carbocycles. The van der Waals surface area contributed by atoms with E-state index in [1.165, 1.54) is 12.0 Å². The number of nitrogens with two attached hydrogens (primary N) is 1. The number of likely N-dealkylation sites (tertiary alicyclic amines) is 1. The molecule has 1 amide bonds. The average molecular weight is 303 g/mol. The number of benzene rings is 1. The maximum atomic E-state index is 12.6. The van der Waals surface area contributed by atoms with Gasteiger partial charge in [-0.1, -0.05) is 30.3 Å². The van der Waals surface area contributed by atoms with E-state index in [0.29, 0.717) is 12.5 Å². The molecule has 1 heterocycles. The number of hydrogen-bond donors (Lipinski definition) is 1. The predicted octanol–water partition coefficient (Wildman–Crippen LogP) is 2.27. The van der Waals surface area contributed by atoms with Crippen LogP contribution in [-0.2, 0) is 4.79 Å². The fourth-order valence-corrected chi connectivity index (χ4v) is 3.14. The Labute approximate surface area is 134 Å². The standard InChI is InChI=1S/C18H29N3O/c1-14(19)17-10-7-11-21(12-17)13-18(22)20(3)15(2)16-8-5-4-6-9-16/h4-6,8-9,14-15,17H,7,10-13,19H2,1-3H3. The minimum absolute atomic E-state index is 0.0997. The molecular weight excluding hydrogens is 274 g/mol.